The number of nitrogens with one attached hydrogen (secondary N) is 1. The molecule has 1 aliphatic rings. The normalized spacial score (nSPS) is 16.5. The lowest BCUT2D eigenvalue weighted by atomic mass is 10.1. The van der Waals surface area contributed by atoms with Gasteiger partial charge in [-0.2, -0.15) is 4.31 Å². The predicted octanol–water partition coefficient (Wildman–Crippen LogP) is 1.13. The fourth-order valence-corrected chi connectivity index (χ4v) is 4.86. The smallest absolute Gasteiger partial charge is 0.250 e. The van der Waals surface area contributed by atoms with E-state index in [1.54, 1.807) is 43.3 Å². The largest absolute Gasteiger partial charge is 0.497 e. The third-order valence-corrected chi connectivity index (χ3v) is 7.26. The highest BCUT2D eigenvalue weighted by atomic mass is 32.2. The number of sulfonamides is 1. The van der Waals surface area contributed by atoms with Crippen molar-refractivity contribution in [2.75, 3.05) is 38.6 Å². The quantitative estimate of drug-likeness (QED) is 0.657. The van der Waals surface area contributed by atoms with Crippen LogP contribution in [0.2, 0.25) is 0 Å². The molecule has 1 aliphatic heterocycles. The van der Waals surface area contributed by atoms with E-state index >= 15 is 0 Å². The highest BCUT2D eigenvalue weighted by molar-refractivity contribution is 7.89. The molecule has 1 unspecified atom stereocenters. The van der Waals surface area contributed by atoms with Gasteiger partial charge in [0, 0.05) is 26.2 Å². The number of para-hydroxylation sites is 1. The first kappa shape index (κ1) is 22.7. The number of methoxy groups -OCH3 is 1. The van der Waals surface area contributed by atoms with Crippen molar-refractivity contribution in [3.05, 3.63) is 54.1 Å². The molecule has 1 atom stereocenters. The molecule has 1 saturated heterocycles. The first-order valence-corrected chi connectivity index (χ1v) is 11.3. The van der Waals surface area contributed by atoms with Crippen LogP contribution in [0.5, 0.6) is 5.75 Å². The second-order valence-corrected chi connectivity index (χ2v) is 9.13. The number of carbonyl (C=O) groups excluding carboxylic acids is 2. The molecular formula is C21H26N4O5S. The van der Waals surface area contributed by atoms with Gasteiger partial charge >= 0.3 is 0 Å². The number of hydrogen-bond donors (Lipinski definition) is 2. The zero-order chi connectivity index (χ0) is 22.6. The van der Waals surface area contributed by atoms with Crippen molar-refractivity contribution < 1.29 is 22.7 Å². The van der Waals surface area contributed by atoms with Crippen molar-refractivity contribution in [1.82, 2.24) is 9.21 Å². The lowest BCUT2D eigenvalue weighted by molar-refractivity contribution is -0.121. The number of nitrogens with zero attached hydrogens (tertiary/aromatic N) is 2. The van der Waals surface area contributed by atoms with Gasteiger partial charge in [-0.1, -0.05) is 12.1 Å². The van der Waals surface area contributed by atoms with Crippen LogP contribution in [0.4, 0.5) is 5.69 Å². The summed E-state index contributed by atoms with van der Waals surface area (Å²) >= 11 is 0. The average Bonchev–Trinajstić information content (AvgIpc) is 2.78. The van der Waals surface area contributed by atoms with Gasteiger partial charge in [-0.15, -0.1) is 0 Å². The fraction of sp³-hybridized carbons (Fsp3) is 0.333. The molecule has 3 rings (SSSR count). The molecular weight excluding hydrogens is 420 g/mol. The Labute approximate surface area is 181 Å². The number of carbonyl (C=O) groups is 2. The van der Waals surface area contributed by atoms with E-state index in [1.807, 2.05) is 4.90 Å². The molecule has 9 nitrogen and oxygen atoms in total. The van der Waals surface area contributed by atoms with Crippen molar-refractivity contribution in [2.24, 2.45) is 5.73 Å². The fourth-order valence-electron chi connectivity index (χ4n) is 3.44. The summed E-state index contributed by atoms with van der Waals surface area (Å²) in [5.74, 6) is -0.331. The summed E-state index contributed by atoms with van der Waals surface area (Å²) < 4.78 is 32.3. The van der Waals surface area contributed by atoms with E-state index in [0.29, 0.717) is 24.5 Å². The van der Waals surface area contributed by atoms with Crippen molar-refractivity contribution >= 4 is 27.5 Å². The summed E-state index contributed by atoms with van der Waals surface area (Å²) in [4.78, 5) is 26.4. The number of primary amides is 1. The van der Waals surface area contributed by atoms with Gasteiger partial charge in [0.05, 0.1) is 29.3 Å². The lowest BCUT2D eigenvalue weighted by Gasteiger charge is -2.36. The number of ether oxygens (including phenoxy) is 1. The molecule has 2 aromatic rings. The minimum Gasteiger partial charge on any atom is -0.497 e. The summed E-state index contributed by atoms with van der Waals surface area (Å²) in [5.41, 5.74) is 5.95. The Bertz CT molecular complexity index is 1050. The Kier molecular flexibility index (Phi) is 6.94. The van der Waals surface area contributed by atoms with Crippen molar-refractivity contribution in [3.63, 3.8) is 0 Å². The van der Waals surface area contributed by atoms with Gasteiger partial charge in [0.1, 0.15) is 5.75 Å². The van der Waals surface area contributed by atoms with Crippen molar-refractivity contribution in [3.8, 4) is 5.75 Å². The number of piperazine rings is 1. The molecule has 166 valence electrons. The van der Waals surface area contributed by atoms with Crippen molar-refractivity contribution in [1.29, 1.82) is 0 Å². The highest BCUT2D eigenvalue weighted by Crippen LogP contribution is 2.22. The zero-order valence-electron chi connectivity index (χ0n) is 17.4. The minimum atomic E-state index is -3.62. The molecule has 0 radical (unpaired) electrons. The maximum absolute atomic E-state index is 12.9. The van der Waals surface area contributed by atoms with Crippen LogP contribution >= 0.6 is 0 Å². The average molecular weight is 447 g/mol. The first-order chi connectivity index (χ1) is 14.7. The molecule has 3 N–H and O–H groups in total. The van der Waals surface area contributed by atoms with Crippen LogP contribution in [0.3, 0.4) is 0 Å². The maximum Gasteiger partial charge on any atom is 0.250 e. The van der Waals surface area contributed by atoms with E-state index in [-0.39, 0.29) is 29.5 Å². The lowest BCUT2D eigenvalue weighted by Crippen LogP contribution is -2.53. The van der Waals surface area contributed by atoms with E-state index in [1.165, 1.54) is 23.5 Å². The molecule has 1 heterocycles. The molecule has 31 heavy (non-hydrogen) atoms. The van der Waals surface area contributed by atoms with Crippen LogP contribution in [0.1, 0.15) is 17.3 Å². The van der Waals surface area contributed by atoms with Gasteiger partial charge in [0.15, 0.2) is 0 Å². The number of nitrogens with two attached hydrogens (primary N) is 1. The first-order valence-electron chi connectivity index (χ1n) is 9.82. The summed E-state index contributed by atoms with van der Waals surface area (Å²) in [7, 11) is -2.10. The number of hydrogen-bond acceptors (Lipinski definition) is 6. The van der Waals surface area contributed by atoms with Gasteiger partial charge < -0.3 is 15.8 Å². The second kappa shape index (κ2) is 9.46. The molecule has 0 spiro atoms. The van der Waals surface area contributed by atoms with Crippen LogP contribution < -0.4 is 15.8 Å². The number of benzene rings is 2. The van der Waals surface area contributed by atoms with Gasteiger partial charge in [-0.05, 0) is 43.3 Å². The van der Waals surface area contributed by atoms with Crippen molar-refractivity contribution in [2.45, 2.75) is 17.9 Å². The summed E-state index contributed by atoms with van der Waals surface area (Å²) in [6.07, 6.45) is 0. The van der Waals surface area contributed by atoms with Gasteiger partial charge in [0.25, 0.3) is 5.91 Å². The van der Waals surface area contributed by atoms with Crippen LogP contribution in [0.25, 0.3) is 0 Å². The van der Waals surface area contributed by atoms with E-state index in [2.05, 4.69) is 5.32 Å². The Hall–Kier alpha value is -2.95. The SMILES string of the molecule is COc1ccc(S(=O)(=O)N2CCN(C(C)C(=O)Nc3ccccc3C(N)=O)CC2)cc1. The highest BCUT2D eigenvalue weighted by Gasteiger charge is 2.32. The monoisotopic (exact) mass is 446 g/mol. The molecule has 0 aromatic heterocycles. The zero-order valence-corrected chi connectivity index (χ0v) is 18.3. The van der Waals surface area contributed by atoms with Gasteiger partial charge in [-0.3, -0.25) is 14.5 Å². The number of anilines is 1. The predicted molar refractivity (Wildman–Crippen MR) is 116 cm³/mol. The molecule has 1 fully saturated rings. The third-order valence-electron chi connectivity index (χ3n) is 5.35. The van der Waals surface area contributed by atoms with Crippen LogP contribution in [0.15, 0.2) is 53.4 Å². The molecule has 0 aliphatic carbocycles. The van der Waals surface area contributed by atoms with E-state index in [4.69, 9.17) is 10.5 Å². The third kappa shape index (κ3) is 5.04. The Morgan fingerprint density at radius 3 is 2.23 bits per heavy atom. The Morgan fingerprint density at radius 2 is 1.65 bits per heavy atom. The van der Waals surface area contributed by atoms with Crippen LogP contribution in [0, 0.1) is 0 Å². The topological polar surface area (TPSA) is 122 Å². The molecule has 0 bridgehead atoms. The molecule has 0 saturated carbocycles. The summed E-state index contributed by atoms with van der Waals surface area (Å²) in [6, 6.07) is 12.3. The van der Waals surface area contributed by atoms with Crippen LogP contribution in [-0.4, -0.2) is 68.8 Å². The minimum absolute atomic E-state index is 0.204. The molecule has 2 amide bonds. The van der Waals surface area contributed by atoms with Crippen LogP contribution in [-0.2, 0) is 14.8 Å². The Balaban J connectivity index is 1.62. The Morgan fingerprint density at radius 1 is 1.03 bits per heavy atom. The van der Waals surface area contributed by atoms with Gasteiger partial charge in [0.2, 0.25) is 15.9 Å². The number of rotatable bonds is 7. The van der Waals surface area contributed by atoms with E-state index < -0.39 is 22.0 Å². The van der Waals surface area contributed by atoms with E-state index in [9.17, 15) is 18.0 Å². The summed E-state index contributed by atoms with van der Waals surface area (Å²) in [6.45, 7) is 3.09. The second-order valence-electron chi connectivity index (χ2n) is 7.19. The standard InChI is InChI=1S/C21H26N4O5S/c1-15(21(27)23-19-6-4-3-5-18(19)20(22)26)24-11-13-25(14-12-24)31(28,29)17-9-7-16(30-2)8-10-17/h3-10,15H,11-14H2,1-2H3,(H2,22,26)(H,23,27). The van der Waals surface area contributed by atoms with Gasteiger partial charge in [-0.25, -0.2) is 8.42 Å². The number of amides is 2. The molecule has 10 heteroatoms. The van der Waals surface area contributed by atoms with E-state index in [0.717, 1.165) is 0 Å². The summed E-state index contributed by atoms with van der Waals surface area (Å²) in [5, 5.41) is 2.74. The molecule has 2 aromatic carbocycles. The maximum atomic E-state index is 12.9.